The van der Waals surface area contributed by atoms with Crippen molar-refractivity contribution in [2.75, 3.05) is 19.2 Å². The number of carbonyl (C=O) groups is 1. The average molecular weight is 348 g/mol. The molecule has 2 aromatic rings. The molecule has 1 atom stereocenters. The van der Waals surface area contributed by atoms with Crippen molar-refractivity contribution in [3.8, 4) is 5.75 Å². The number of hydrazone groups is 1. The number of para-hydroxylation sites is 2. The molecule has 1 aliphatic rings. The maximum absolute atomic E-state index is 12.8. The van der Waals surface area contributed by atoms with Crippen molar-refractivity contribution in [1.29, 1.82) is 0 Å². The van der Waals surface area contributed by atoms with E-state index in [0.29, 0.717) is 0 Å². The lowest BCUT2D eigenvalue weighted by Crippen LogP contribution is -2.35. The highest BCUT2D eigenvalue weighted by Crippen LogP contribution is 2.21. The molecule has 5 heteroatoms. The van der Waals surface area contributed by atoms with Gasteiger partial charge in [0.2, 0.25) is 11.8 Å². The lowest BCUT2D eigenvalue weighted by molar-refractivity contribution is -0.495. The number of rotatable bonds is 5. The van der Waals surface area contributed by atoms with Crippen LogP contribution in [-0.4, -0.2) is 42.7 Å². The molecule has 0 saturated heterocycles. The smallest absolute Gasteiger partial charge is 0.318 e. The van der Waals surface area contributed by atoms with E-state index < -0.39 is 6.04 Å². The van der Waals surface area contributed by atoms with Crippen LogP contribution in [0.15, 0.2) is 65.7 Å². The first-order valence-electron chi connectivity index (χ1n) is 8.42. The fraction of sp³-hybridized carbons (Fsp3) is 0.190. The summed E-state index contributed by atoms with van der Waals surface area (Å²) in [7, 11) is 3.52. The molecule has 0 spiro atoms. The normalized spacial score (nSPS) is 17.7. The van der Waals surface area contributed by atoms with Crippen molar-refractivity contribution in [2.45, 2.75) is 13.0 Å². The maximum atomic E-state index is 12.8. The molecule has 1 amide bonds. The molecule has 0 aliphatic carbocycles. The Balaban J connectivity index is 1.77. The van der Waals surface area contributed by atoms with Crippen LogP contribution in [-0.2, 0) is 4.79 Å². The minimum Gasteiger partial charge on any atom is -0.496 e. The van der Waals surface area contributed by atoms with Gasteiger partial charge in [-0.05, 0) is 30.4 Å². The Kier molecular flexibility index (Phi) is 5.27. The number of ether oxygens (including phenoxy) is 1. The number of allylic oxidation sites excluding steroid dienone is 1. The number of methoxy groups -OCH3 is 1. The molecule has 1 unspecified atom stereocenters. The van der Waals surface area contributed by atoms with Crippen LogP contribution in [0.2, 0.25) is 0 Å². The zero-order chi connectivity index (χ0) is 18.5. The van der Waals surface area contributed by atoms with Gasteiger partial charge < -0.3 is 4.74 Å². The number of hydrazine groups is 1. The molecular weight excluding hydrogens is 326 g/mol. The molecule has 26 heavy (non-hydrogen) atoms. The third-order valence-corrected chi connectivity index (χ3v) is 4.39. The second-order valence-electron chi connectivity index (χ2n) is 5.95. The van der Waals surface area contributed by atoms with Crippen LogP contribution in [0.25, 0.3) is 6.08 Å². The van der Waals surface area contributed by atoms with E-state index in [1.165, 1.54) is 0 Å². The zero-order valence-electron chi connectivity index (χ0n) is 15.2. The molecule has 132 valence electrons. The molecule has 1 heterocycles. The van der Waals surface area contributed by atoms with Gasteiger partial charge in [0.25, 0.3) is 0 Å². The zero-order valence-corrected chi connectivity index (χ0v) is 15.2. The number of aliphatic imine (C=N–C) groups is 1. The van der Waals surface area contributed by atoms with Crippen molar-refractivity contribution >= 4 is 29.6 Å². The van der Waals surface area contributed by atoms with Crippen molar-refractivity contribution in [3.05, 3.63) is 66.2 Å². The third kappa shape index (κ3) is 3.42. The molecule has 3 rings (SSSR count). The first-order valence-corrected chi connectivity index (χ1v) is 8.42. The van der Waals surface area contributed by atoms with E-state index in [9.17, 15) is 4.79 Å². The fourth-order valence-corrected chi connectivity index (χ4v) is 2.90. The van der Waals surface area contributed by atoms with Gasteiger partial charge in [-0.25, -0.2) is 0 Å². The maximum Gasteiger partial charge on any atom is 0.318 e. The molecule has 0 saturated carbocycles. The van der Waals surface area contributed by atoms with Gasteiger partial charge in [-0.3, -0.25) is 9.79 Å². The Morgan fingerprint density at radius 2 is 1.81 bits per heavy atom. The third-order valence-electron chi connectivity index (χ3n) is 4.39. The Hall–Kier alpha value is -3.21. The minimum absolute atomic E-state index is 0.0573. The summed E-state index contributed by atoms with van der Waals surface area (Å²) in [4.78, 5) is 17.3. The molecule has 0 bridgehead atoms. The van der Waals surface area contributed by atoms with Gasteiger partial charge in [-0.15, -0.1) is 4.68 Å². The lowest BCUT2D eigenvalue weighted by atomic mass is 10.2. The Morgan fingerprint density at radius 1 is 1.12 bits per heavy atom. The average Bonchev–Trinajstić information content (AvgIpc) is 2.89. The van der Waals surface area contributed by atoms with Crippen molar-refractivity contribution in [3.63, 3.8) is 0 Å². The standard InChI is InChI=1S/C21H22N3O2/c1-16-20(21(25)24(23(16)2)18-12-5-4-6-13-18)22-15-9-11-17-10-7-8-14-19(17)26-3/h4-15,20H,1-3H3/q+1. The van der Waals surface area contributed by atoms with E-state index >= 15 is 0 Å². The summed E-state index contributed by atoms with van der Waals surface area (Å²) < 4.78 is 7.17. The lowest BCUT2D eigenvalue weighted by Gasteiger charge is -2.10. The first-order chi connectivity index (χ1) is 12.6. The molecule has 0 N–H and O–H groups in total. The quantitative estimate of drug-likeness (QED) is 0.615. The van der Waals surface area contributed by atoms with E-state index in [0.717, 1.165) is 22.7 Å². The first kappa shape index (κ1) is 17.6. The molecule has 0 aromatic heterocycles. The highest BCUT2D eigenvalue weighted by Gasteiger charge is 2.43. The number of amides is 1. The molecule has 2 aromatic carbocycles. The molecule has 0 radical (unpaired) electrons. The number of hydrogen-bond acceptors (Lipinski definition) is 3. The molecule has 1 aliphatic heterocycles. The van der Waals surface area contributed by atoms with Gasteiger partial charge in [0, 0.05) is 18.7 Å². The highest BCUT2D eigenvalue weighted by molar-refractivity contribution is 6.15. The number of carbonyl (C=O) groups excluding carboxylic acids is 1. The molecular formula is C21H22N3O2+. The monoisotopic (exact) mass is 348 g/mol. The van der Waals surface area contributed by atoms with Gasteiger partial charge in [-0.2, -0.15) is 0 Å². The Morgan fingerprint density at radius 3 is 2.54 bits per heavy atom. The number of anilines is 1. The number of benzene rings is 2. The van der Waals surface area contributed by atoms with Crippen LogP contribution >= 0.6 is 0 Å². The predicted octanol–water partition coefficient (Wildman–Crippen LogP) is 3.21. The van der Waals surface area contributed by atoms with Crippen LogP contribution in [0.3, 0.4) is 0 Å². The van der Waals surface area contributed by atoms with Crippen molar-refractivity contribution < 1.29 is 14.2 Å². The van der Waals surface area contributed by atoms with Crippen LogP contribution in [0.4, 0.5) is 5.69 Å². The summed E-state index contributed by atoms with van der Waals surface area (Å²) in [5, 5.41) is 1.65. The second-order valence-corrected chi connectivity index (χ2v) is 5.95. The largest absolute Gasteiger partial charge is 0.496 e. The Labute approximate surface area is 153 Å². The predicted molar refractivity (Wildman–Crippen MR) is 105 cm³/mol. The summed E-state index contributed by atoms with van der Waals surface area (Å²) in [6, 6.07) is 16.8. The topological polar surface area (TPSA) is 44.9 Å². The van der Waals surface area contributed by atoms with Crippen molar-refractivity contribution in [2.24, 2.45) is 4.99 Å². The van der Waals surface area contributed by atoms with E-state index in [1.807, 2.05) is 85.4 Å². The second kappa shape index (κ2) is 7.78. The summed E-state index contributed by atoms with van der Waals surface area (Å²) in [6.45, 7) is 1.92. The van der Waals surface area contributed by atoms with E-state index in [2.05, 4.69) is 4.99 Å². The number of nitrogens with zero attached hydrogens (tertiary/aromatic N) is 3. The molecule has 0 fully saturated rings. The van der Waals surface area contributed by atoms with Crippen LogP contribution in [0, 0.1) is 0 Å². The minimum atomic E-state index is -0.512. The fourth-order valence-electron chi connectivity index (χ4n) is 2.90. The van der Waals surface area contributed by atoms with Gasteiger partial charge >= 0.3 is 5.91 Å². The van der Waals surface area contributed by atoms with Crippen LogP contribution in [0.1, 0.15) is 12.5 Å². The highest BCUT2D eigenvalue weighted by atomic mass is 16.5. The van der Waals surface area contributed by atoms with Crippen LogP contribution in [0.5, 0.6) is 5.75 Å². The summed E-state index contributed by atoms with van der Waals surface area (Å²) >= 11 is 0. The van der Waals surface area contributed by atoms with E-state index in [4.69, 9.17) is 4.74 Å². The Bertz CT molecular complexity index is 885. The van der Waals surface area contributed by atoms with Gasteiger partial charge in [0.05, 0.1) is 7.11 Å². The summed E-state index contributed by atoms with van der Waals surface area (Å²) in [5.41, 5.74) is 2.69. The van der Waals surface area contributed by atoms with Gasteiger partial charge in [0.15, 0.2) is 7.05 Å². The van der Waals surface area contributed by atoms with E-state index in [1.54, 1.807) is 18.3 Å². The van der Waals surface area contributed by atoms with Gasteiger partial charge in [0.1, 0.15) is 11.4 Å². The SMILES string of the molecule is COc1ccccc1C=CC=NC1C(=O)N(c2ccccc2)[N+](C)=C1C. The van der Waals surface area contributed by atoms with Crippen molar-refractivity contribution in [1.82, 2.24) is 0 Å². The number of hydrogen-bond donors (Lipinski definition) is 0. The van der Waals surface area contributed by atoms with Crippen LogP contribution < -0.4 is 9.75 Å². The summed E-state index contributed by atoms with van der Waals surface area (Å²) in [5.74, 6) is 0.741. The summed E-state index contributed by atoms with van der Waals surface area (Å²) in [6.07, 6.45) is 5.40. The molecule has 5 nitrogen and oxygen atoms in total. The van der Waals surface area contributed by atoms with Gasteiger partial charge in [-0.1, -0.05) is 41.4 Å². The van der Waals surface area contributed by atoms with E-state index in [-0.39, 0.29) is 5.91 Å².